The summed E-state index contributed by atoms with van der Waals surface area (Å²) in [5.41, 5.74) is 1.52. The van der Waals surface area contributed by atoms with E-state index in [9.17, 15) is 4.39 Å². The van der Waals surface area contributed by atoms with Gasteiger partial charge in [0.05, 0.1) is 10.9 Å². The van der Waals surface area contributed by atoms with Gasteiger partial charge in [-0.15, -0.1) is 5.10 Å². The zero-order valence-electron chi connectivity index (χ0n) is 12.5. The molecule has 114 valence electrons. The van der Waals surface area contributed by atoms with Crippen LogP contribution in [0.4, 0.5) is 4.39 Å². The molecule has 1 unspecified atom stereocenters. The van der Waals surface area contributed by atoms with Crippen molar-refractivity contribution in [3.05, 3.63) is 29.7 Å². The van der Waals surface area contributed by atoms with Gasteiger partial charge in [0, 0.05) is 18.1 Å². The zero-order valence-corrected chi connectivity index (χ0v) is 12.5. The Bertz CT molecular complexity index is 746. The van der Waals surface area contributed by atoms with Crippen LogP contribution < -0.4 is 0 Å². The van der Waals surface area contributed by atoms with Crippen molar-refractivity contribution in [3.8, 4) is 11.8 Å². The number of hydrogen-bond donors (Lipinski definition) is 0. The van der Waals surface area contributed by atoms with Crippen molar-refractivity contribution in [2.75, 3.05) is 6.61 Å². The molecule has 0 radical (unpaired) electrons. The first-order valence-electron chi connectivity index (χ1n) is 8.13. The van der Waals surface area contributed by atoms with Gasteiger partial charge in [0.2, 0.25) is 5.95 Å². The van der Waals surface area contributed by atoms with Crippen LogP contribution in [0.3, 0.4) is 0 Å². The van der Waals surface area contributed by atoms with Crippen molar-refractivity contribution < 1.29 is 9.13 Å². The molecule has 4 heteroatoms. The summed E-state index contributed by atoms with van der Waals surface area (Å²) in [6.45, 7) is 0.717. The number of fused-ring (bicyclic) bond motifs is 1. The smallest absolute Gasteiger partial charge is 0.241 e. The minimum Gasteiger partial charge on any atom is -0.356 e. The van der Waals surface area contributed by atoms with Crippen LogP contribution in [0.15, 0.2) is 18.2 Å². The molecule has 2 aliphatic rings. The van der Waals surface area contributed by atoms with Crippen LogP contribution in [-0.2, 0) is 4.74 Å². The minimum atomic E-state index is -0.442. The highest BCUT2D eigenvalue weighted by Crippen LogP contribution is 2.30. The van der Waals surface area contributed by atoms with Crippen molar-refractivity contribution in [3.63, 3.8) is 0 Å². The Morgan fingerprint density at radius 3 is 2.82 bits per heavy atom. The number of nitrogens with zero attached hydrogens (tertiary/aromatic N) is 2. The van der Waals surface area contributed by atoms with Gasteiger partial charge in [-0.1, -0.05) is 24.3 Å². The van der Waals surface area contributed by atoms with Crippen LogP contribution in [-0.4, -0.2) is 16.4 Å². The minimum absolute atomic E-state index is 0.157. The normalized spacial score (nSPS) is 22.1. The fourth-order valence-electron chi connectivity index (χ4n) is 3.12. The van der Waals surface area contributed by atoms with Crippen molar-refractivity contribution in [2.24, 2.45) is 5.92 Å². The van der Waals surface area contributed by atoms with Crippen LogP contribution in [0.1, 0.15) is 50.3 Å². The van der Waals surface area contributed by atoms with Crippen molar-refractivity contribution in [1.82, 2.24) is 9.78 Å². The summed E-state index contributed by atoms with van der Waals surface area (Å²) < 4.78 is 21.8. The van der Waals surface area contributed by atoms with E-state index in [1.807, 2.05) is 18.2 Å². The monoisotopic (exact) mass is 298 g/mol. The van der Waals surface area contributed by atoms with Gasteiger partial charge in [0.1, 0.15) is 0 Å². The molecule has 22 heavy (non-hydrogen) atoms. The van der Waals surface area contributed by atoms with E-state index in [0.717, 1.165) is 36.9 Å². The molecule has 0 N–H and O–H groups in total. The number of benzene rings is 1. The van der Waals surface area contributed by atoms with E-state index in [1.165, 1.54) is 19.3 Å². The second kappa shape index (κ2) is 5.73. The first-order chi connectivity index (χ1) is 10.8. The maximum atomic E-state index is 14.4. The van der Waals surface area contributed by atoms with Crippen molar-refractivity contribution in [2.45, 2.75) is 44.8 Å². The average molecular weight is 298 g/mol. The molecular formula is C18H19FN2O. The summed E-state index contributed by atoms with van der Waals surface area (Å²) in [5, 5.41) is 4.62. The van der Waals surface area contributed by atoms with Crippen LogP contribution in [0.2, 0.25) is 0 Å². The molecule has 2 aromatic rings. The maximum Gasteiger partial charge on any atom is 0.241 e. The fourth-order valence-corrected chi connectivity index (χ4v) is 3.12. The zero-order chi connectivity index (χ0) is 14.9. The van der Waals surface area contributed by atoms with E-state index in [2.05, 4.69) is 16.9 Å². The van der Waals surface area contributed by atoms with Gasteiger partial charge < -0.3 is 4.74 Å². The second-order valence-corrected chi connectivity index (χ2v) is 6.15. The van der Waals surface area contributed by atoms with E-state index < -0.39 is 5.95 Å². The van der Waals surface area contributed by atoms with E-state index in [-0.39, 0.29) is 6.23 Å². The molecule has 0 spiro atoms. The van der Waals surface area contributed by atoms with Gasteiger partial charge in [-0.25, -0.2) is 4.68 Å². The first-order valence-corrected chi connectivity index (χ1v) is 8.13. The predicted octanol–water partition coefficient (Wildman–Crippen LogP) is 4.03. The highest BCUT2D eigenvalue weighted by Gasteiger charge is 2.22. The number of aromatic nitrogens is 2. The molecule has 3 nitrogen and oxygen atoms in total. The van der Waals surface area contributed by atoms with Gasteiger partial charge in [-0.05, 0) is 44.2 Å². The Hall–Kier alpha value is -1.86. The lowest BCUT2D eigenvalue weighted by molar-refractivity contribution is -0.0375. The van der Waals surface area contributed by atoms with Crippen LogP contribution in [0, 0.1) is 23.7 Å². The first kappa shape index (κ1) is 13.8. The third-order valence-electron chi connectivity index (χ3n) is 4.64. The SMILES string of the molecule is Fc1nn(C2CCCCO2)c2cccc(C#CC3CCC3)c12. The number of halogens is 1. The highest BCUT2D eigenvalue weighted by molar-refractivity contribution is 5.85. The summed E-state index contributed by atoms with van der Waals surface area (Å²) in [5.74, 6) is 6.46. The molecule has 0 bridgehead atoms. The van der Waals surface area contributed by atoms with Crippen molar-refractivity contribution >= 4 is 10.9 Å². The van der Waals surface area contributed by atoms with E-state index in [1.54, 1.807) is 4.68 Å². The Kier molecular flexibility index (Phi) is 3.59. The van der Waals surface area contributed by atoms with Crippen LogP contribution >= 0.6 is 0 Å². The Morgan fingerprint density at radius 2 is 2.09 bits per heavy atom. The van der Waals surface area contributed by atoms with Gasteiger partial charge in [0.25, 0.3) is 0 Å². The molecule has 1 aromatic carbocycles. The largest absolute Gasteiger partial charge is 0.356 e. The topological polar surface area (TPSA) is 27.1 Å². The third-order valence-corrected chi connectivity index (χ3v) is 4.64. The second-order valence-electron chi connectivity index (χ2n) is 6.15. The summed E-state index contributed by atoms with van der Waals surface area (Å²) >= 11 is 0. The Labute approximate surface area is 129 Å². The van der Waals surface area contributed by atoms with Crippen LogP contribution in [0.5, 0.6) is 0 Å². The molecule has 1 saturated carbocycles. The molecule has 4 rings (SSSR count). The Balaban J connectivity index is 1.75. The molecule has 1 aliphatic heterocycles. The lowest BCUT2D eigenvalue weighted by Gasteiger charge is -2.23. The fraction of sp³-hybridized carbons (Fsp3) is 0.500. The summed E-state index contributed by atoms with van der Waals surface area (Å²) in [6.07, 6.45) is 6.48. The molecule has 1 atom stereocenters. The lowest BCUT2D eigenvalue weighted by atomic mass is 9.86. The number of ether oxygens (including phenoxy) is 1. The summed E-state index contributed by atoms with van der Waals surface area (Å²) in [7, 11) is 0. The van der Waals surface area contributed by atoms with E-state index >= 15 is 0 Å². The highest BCUT2D eigenvalue weighted by atomic mass is 19.1. The molecule has 1 saturated heterocycles. The van der Waals surface area contributed by atoms with Crippen LogP contribution in [0.25, 0.3) is 10.9 Å². The molecule has 2 fully saturated rings. The number of hydrogen-bond acceptors (Lipinski definition) is 2. The molecule has 1 aliphatic carbocycles. The van der Waals surface area contributed by atoms with E-state index in [0.29, 0.717) is 11.3 Å². The predicted molar refractivity (Wildman–Crippen MR) is 82.8 cm³/mol. The summed E-state index contributed by atoms with van der Waals surface area (Å²) in [4.78, 5) is 0. The molecule has 1 aromatic heterocycles. The quantitative estimate of drug-likeness (QED) is 0.743. The average Bonchev–Trinajstić information content (AvgIpc) is 2.85. The summed E-state index contributed by atoms with van der Waals surface area (Å²) in [6, 6.07) is 5.70. The van der Waals surface area contributed by atoms with Gasteiger partial charge in [-0.3, -0.25) is 0 Å². The lowest BCUT2D eigenvalue weighted by Crippen LogP contribution is -2.19. The van der Waals surface area contributed by atoms with E-state index in [4.69, 9.17) is 4.74 Å². The molecule has 0 amide bonds. The van der Waals surface area contributed by atoms with Gasteiger partial charge >= 0.3 is 0 Å². The molecule has 2 heterocycles. The van der Waals surface area contributed by atoms with Gasteiger partial charge in [-0.2, -0.15) is 4.39 Å². The maximum absolute atomic E-state index is 14.4. The molecular weight excluding hydrogens is 279 g/mol. The Morgan fingerprint density at radius 1 is 1.18 bits per heavy atom. The number of rotatable bonds is 1. The van der Waals surface area contributed by atoms with Gasteiger partial charge in [0.15, 0.2) is 6.23 Å². The third kappa shape index (κ3) is 2.40. The van der Waals surface area contributed by atoms with Crippen molar-refractivity contribution in [1.29, 1.82) is 0 Å². The standard InChI is InChI=1S/C18H19FN2O/c19-18-17-14(11-10-13-5-3-6-13)7-4-8-15(17)21(20-18)16-9-1-2-12-22-16/h4,7-8,13,16H,1-3,5-6,9,12H2.